The zero-order valence-electron chi connectivity index (χ0n) is 36.9. The number of carbonyl (C=O) groups excluding carboxylic acids is 2. The van der Waals surface area contributed by atoms with Gasteiger partial charge in [0.25, 0.3) is 5.91 Å². The van der Waals surface area contributed by atoms with Crippen molar-refractivity contribution in [2.75, 3.05) is 32.8 Å². The average Bonchev–Trinajstić information content (AvgIpc) is 3.47. The van der Waals surface area contributed by atoms with Gasteiger partial charge in [-0.05, 0) is 71.1 Å². The maximum atomic E-state index is 13.7. The fourth-order valence-electron chi connectivity index (χ4n) is 8.35. The first-order valence-corrected chi connectivity index (χ1v) is 24.4. The summed E-state index contributed by atoms with van der Waals surface area (Å²) in [6.07, 6.45) is -12.6. The average molecular weight is 894 g/mol. The monoisotopic (exact) mass is 894 g/mol. The number of nitrogens with two attached hydrogens (primary N) is 5. The highest BCUT2D eigenvalue weighted by molar-refractivity contribution is 6.74. The summed E-state index contributed by atoms with van der Waals surface area (Å²) in [5.41, 5.74) is 28.8. The highest BCUT2D eigenvalue weighted by atomic mass is 28.4. The van der Waals surface area contributed by atoms with Gasteiger partial charge in [0.2, 0.25) is 0 Å². The Morgan fingerprint density at radius 2 is 1.46 bits per heavy atom. The van der Waals surface area contributed by atoms with Gasteiger partial charge in [-0.3, -0.25) is 4.79 Å². The van der Waals surface area contributed by atoms with Crippen molar-refractivity contribution in [3.05, 3.63) is 0 Å². The molecule has 16 N–H and O–H groups in total. The predicted molar refractivity (Wildman–Crippen MR) is 222 cm³/mol. The van der Waals surface area contributed by atoms with Gasteiger partial charge in [-0.15, -0.1) is 0 Å². The first-order chi connectivity index (χ1) is 28.2. The van der Waals surface area contributed by atoms with E-state index in [1.54, 1.807) is 20.8 Å². The molecule has 0 radical (unpaired) electrons. The van der Waals surface area contributed by atoms with Crippen LogP contribution in [0.2, 0.25) is 18.1 Å². The minimum Gasteiger partial charge on any atom is -0.444 e. The highest BCUT2D eigenvalue weighted by Gasteiger charge is 2.58. The Kier molecular flexibility index (Phi) is 16.0. The number of hydrogen-bond acceptors (Lipinski definition) is 19. The highest BCUT2D eigenvalue weighted by Crippen LogP contribution is 2.43. The molecule has 354 valence electrons. The molecule has 3 heterocycles. The van der Waals surface area contributed by atoms with Crippen molar-refractivity contribution in [3.8, 4) is 0 Å². The van der Waals surface area contributed by atoms with Crippen molar-refractivity contribution >= 4 is 20.3 Å². The van der Waals surface area contributed by atoms with E-state index in [0.29, 0.717) is 12.8 Å². The second kappa shape index (κ2) is 19.4. The van der Waals surface area contributed by atoms with Crippen molar-refractivity contribution in [3.63, 3.8) is 0 Å². The summed E-state index contributed by atoms with van der Waals surface area (Å²) < 4.78 is 44.7. The van der Waals surface area contributed by atoms with Gasteiger partial charge < -0.3 is 97.3 Å². The number of hydrogen-bond donors (Lipinski definition) is 11. The van der Waals surface area contributed by atoms with Gasteiger partial charge in [0, 0.05) is 18.5 Å². The standard InChI is InChI=1S/C39H75N7O14Si/c1-37(2,3)59-36(52)46-16-39(53,17-46)35(51)45-22-12-21(43)29(57-33-20(42)10-9-19(14-41)54-33)31(27(22)49)58-34-32(60-61(7,8)38(4,5)6)30(24(15-47)56-34)55-23-11-18(13-40)26(48)28(50)25(23)44/h18-34,47-50,53H,9-17,40-44H2,1-8H3,(H,45,51)/t18-,19-,20+,21-,22+,23-,24+,25-,26+,27-,28+,29+,30+,31+,32+,33+,34-/m0/s1. The van der Waals surface area contributed by atoms with E-state index in [9.17, 15) is 35.1 Å². The van der Waals surface area contributed by atoms with Gasteiger partial charge in [-0.2, -0.15) is 0 Å². The predicted octanol–water partition coefficient (Wildman–Crippen LogP) is -3.00. The molecule has 61 heavy (non-hydrogen) atoms. The smallest absolute Gasteiger partial charge is 0.410 e. The lowest BCUT2D eigenvalue weighted by Crippen LogP contribution is -2.73. The summed E-state index contributed by atoms with van der Waals surface area (Å²) >= 11 is 0. The third-order valence-electron chi connectivity index (χ3n) is 13.2. The molecule has 5 aliphatic rings. The molecule has 2 amide bonds. The Morgan fingerprint density at radius 3 is 2.03 bits per heavy atom. The van der Waals surface area contributed by atoms with Crippen LogP contribution >= 0.6 is 0 Å². The van der Waals surface area contributed by atoms with E-state index in [1.807, 2.05) is 33.9 Å². The third-order valence-corrected chi connectivity index (χ3v) is 17.6. The van der Waals surface area contributed by atoms with Gasteiger partial charge in [0.1, 0.15) is 42.2 Å². The topological polar surface area (TPSA) is 345 Å². The molecule has 5 rings (SSSR count). The molecule has 0 aromatic carbocycles. The number of nitrogens with zero attached hydrogens (tertiary/aromatic N) is 1. The Balaban J connectivity index is 1.45. The molecule has 17 atom stereocenters. The second-order valence-corrected chi connectivity index (χ2v) is 24.9. The Hall–Kier alpha value is -1.68. The number of aliphatic hydroxyl groups is 5. The molecular formula is C39H75N7O14Si. The molecule has 21 nitrogen and oxygen atoms in total. The number of β-amino-alcohol motifs (C(OH)–C–C–N with tert-alkyl or cyclic N) is 1. The van der Waals surface area contributed by atoms with Gasteiger partial charge in [-0.1, -0.05) is 20.8 Å². The van der Waals surface area contributed by atoms with Crippen molar-refractivity contribution < 1.29 is 68.0 Å². The molecule has 0 aromatic rings. The van der Waals surface area contributed by atoms with E-state index in [0.717, 1.165) is 0 Å². The summed E-state index contributed by atoms with van der Waals surface area (Å²) in [6.45, 7) is 14.3. The Labute approximate surface area is 359 Å². The number of carbonyl (C=O) groups is 2. The van der Waals surface area contributed by atoms with Crippen LogP contribution in [-0.2, 0) is 37.6 Å². The van der Waals surface area contributed by atoms with Gasteiger partial charge in [0.15, 0.2) is 26.5 Å². The number of nitrogens with one attached hydrogen (secondary N) is 1. The summed E-state index contributed by atoms with van der Waals surface area (Å²) in [6, 6.07) is -3.63. The number of amides is 2. The summed E-state index contributed by atoms with van der Waals surface area (Å²) in [5, 5.41) is 58.1. The van der Waals surface area contributed by atoms with Crippen LogP contribution < -0.4 is 34.0 Å². The van der Waals surface area contributed by atoms with Crippen LogP contribution in [0.4, 0.5) is 4.79 Å². The molecule has 0 unspecified atom stereocenters. The summed E-state index contributed by atoms with van der Waals surface area (Å²) in [4.78, 5) is 27.5. The maximum absolute atomic E-state index is 13.7. The lowest BCUT2D eigenvalue weighted by molar-refractivity contribution is -0.287. The van der Waals surface area contributed by atoms with Crippen LogP contribution in [0.25, 0.3) is 0 Å². The summed E-state index contributed by atoms with van der Waals surface area (Å²) in [5.74, 6) is -1.38. The number of aliphatic hydroxyl groups excluding tert-OH is 4. The van der Waals surface area contributed by atoms with Gasteiger partial charge in [-0.25, -0.2) is 4.79 Å². The largest absolute Gasteiger partial charge is 0.444 e. The normalized spacial score (nSPS) is 41.0. The number of likely N-dealkylation sites (tertiary alicyclic amines) is 1. The lowest BCUT2D eigenvalue weighted by atomic mass is 9.79. The molecule has 3 aliphatic heterocycles. The summed E-state index contributed by atoms with van der Waals surface area (Å²) in [7, 11) is -2.73. The first kappa shape index (κ1) is 50.3. The van der Waals surface area contributed by atoms with Crippen molar-refractivity contribution in [1.29, 1.82) is 0 Å². The molecule has 5 fully saturated rings. The minimum absolute atomic E-state index is 0.0396. The number of ether oxygens (including phenoxy) is 6. The van der Waals surface area contributed by atoms with Crippen LogP contribution in [-0.4, -0.2) is 193 Å². The molecule has 3 saturated heterocycles. The van der Waals surface area contributed by atoms with Crippen LogP contribution in [0.5, 0.6) is 0 Å². The molecular weight excluding hydrogens is 819 g/mol. The molecule has 0 spiro atoms. The minimum atomic E-state index is -2.73. The Bertz CT molecular complexity index is 1480. The molecule has 2 aliphatic carbocycles. The van der Waals surface area contributed by atoms with Crippen LogP contribution in [0.15, 0.2) is 0 Å². The van der Waals surface area contributed by atoms with Gasteiger partial charge in [0.05, 0.1) is 62.2 Å². The van der Waals surface area contributed by atoms with Crippen LogP contribution in [0.3, 0.4) is 0 Å². The third kappa shape index (κ3) is 11.2. The molecule has 22 heteroatoms. The number of rotatable bonds is 13. The van der Waals surface area contributed by atoms with Crippen LogP contribution in [0, 0.1) is 5.92 Å². The van der Waals surface area contributed by atoms with Gasteiger partial charge >= 0.3 is 6.09 Å². The molecule has 2 saturated carbocycles. The quantitative estimate of drug-likeness (QED) is 0.0821. The zero-order valence-corrected chi connectivity index (χ0v) is 37.9. The van der Waals surface area contributed by atoms with E-state index in [-0.39, 0.29) is 50.2 Å². The van der Waals surface area contributed by atoms with Crippen molar-refractivity contribution in [1.82, 2.24) is 10.2 Å². The van der Waals surface area contributed by atoms with Crippen molar-refractivity contribution in [2.24, 2.45) is 34.6 Å². The SMILES string of the molecule is CC(C)(C)OC(=O)N1CC(O)(C(=O)N[C@@H]2C[C@H](N)[C@@H](O[C@H]3O[C@H](CN)CC[C@H]3N)[C@H](O[C@@H]3O[C@H](CO)[C@@H](O[C@H]4C[C@@H](CN)[C@@H](O)[C@H](O)[C@H]4N)[C@H]3O[Si](C)(C)C(C)(C)C)[C@H]2O)C1. The Morgan fingerprint density at radius 1 is 0.820 bits per heavy atom. The fourth-order valence-corrected chi connectivity index (χ4v) is 9.63. The van der Waals surface area contributed by atoms with Crippen molar-refractivity contribution in [2.45, 2.75) is 194 Å². The van der Waals surface area contributed by atoms with E-state index < -0.39 is 136 Å². The van der Waals surface area contributed by atoms with E-state index >= 15 is 0 Å². The zero-order chi connectivity index (χ0) is 45.6. The van der Waals surface area contributed by atoms with E-state index in [1.165, 1.54) is 4.90 Å². The molecule has 0 aromatic heterocycles. The second-order valence-electron chi connectivity index (χ2n) is 20.1. The van der Waals surface area contributed by atoms with E-state index in [2.05, 4.69) is 5.32 Å². The fraction of sp³-hybridized carbons (Fsp3) is 0.949. The molecule has 0 bridgehead atoms. The lowest BCUT2D eigenvalue weighted by Gasteiger charge is -2.49. The first-order valence-electron chi connectivity index (χ1n) is 21.5. The van der Waals surface area contributed by atoms with Crippen LogP contribution in [0.1, 0.15) is 67.2 Å². The van der Waals surface area contributed by atoms with E-state index in [4.69, 9.17) is 61.5 Å². The maximum Gasteiger partial charge on any atom is 0.410 e.